The van der Waals surface area contributed by atoms with Gasteiger partial charge in [0.15, 0.2) is 5.13 Å². The van der Waals surface area contributed by atoms with Crippen molar-refractivity contribution in [3.05, 3.63) is 23.8 Å². The van der Waals surface area contributed by atoms with Crippen LogP contribution >= 0.6 is 11.3 Å². The summed E-state index contributed by atoms with van der Waals surface area (Å²) in [5.74, 6) is 0.498. The van der Waals surface area contributed by atoms with Crippen molar-refractivity contribution in [2.24, 2.45) is 5.92 Å². The number of rotatable bonds is 6. The van der Waals surface area contributed by atoms with E-state index in [2.05, 4.69) is 35.3 Å². The number of anilines is 1. The number of carbonyl (C=O) groups is 2. The van der Waals surface area contributed by atoms with Crippen molar-refractivity contribution in [1.82, 2.24) is 15.2 Å². The van der Waals surface area contributed by atoms with Gasteiger partial charge in [0.2, 0.25) is 11.8 Å². The summed E-state index contributed by atoms with van der Waals surface area (Å²) in [6, 6.07) is 6.37. The van der Waals surface area contributed by atoms with Crippen LogP contribution in [-0.2, 0) is 9.59 Å². The number of likely N-dealkylation sites (tertiary alicyclic amines) is 1. The van der Waals surface area contributed by atoms with Crippen LogP contribution in [0.25, 0.3) is 10.2 Å². The molecule has 150 valence electrons. The van der Waals surface area contributed by atoms with Crippen molar-refractivity contribution >= 4 is 38.5 Å². The highest BCUT2D eigenvalue weighted by atomic mass is 32.1. The summed E-state index contributed by atoms with van der Waals surface area (Å²) < 4.78 is 1.23. The Morgan fingerprint density at radius 2 is 2.11 bits per heavy atom. The lowest BCUT2D eigenvalue weighted by Gasteiger charge is -2.31. The number of thiazole rings is 1. The minimum atomic E-state index is 0.0845. The van der Waals surface area contributed by atoms with Crippen LogP contribution < -0.4 is 10.2 Å². The Hall–Kier alpha value is -2.15. The first kappa shape index (κ1) is 19.2. The van der Waals surface area contributed by atoms with Crippen LogP contribution in [0.1, 0.15) is 37.7 Å². The lowest BCUT2D eigenvalue weighted by molar-refractivity contribution is -0.127. The smallest absolute Gasteiger partial charge is 0.223 e. The van der Waals surface area contributed by atoms with Crippen LogP contribution in [0, 0.1) is 12.8 Å². The van der Waals surface area contributed by atoms with E-state index in [4.69, 9.17) is 4.98 Å². The van der Waals surface area contributed by atoms with Gasteiger partial charge in [-0.05, 0) is 50.3 Å². The Bertz CT molecular complexity index is 857. The molecule has 0 atom stereocenters. The number of nitrogens with zero attached hydrogens (tertiary/aromatic N) is 3. The number of piperidine rings is 1. The van der Waals surface area contributed by atoms with Crippen molar-refractivity contribution in [2.75, 3.05) is 37.6 Å². The lowest BCUT2D eigenvalue weighted by atomic mass is 9.96. The molecule has 0 saturated carbocycles. The van der Waals surface area contributed by atoms with Gasteiger partial charge in [0, 0.05) is 45.1 Å². The van der Waals surface area contributed by atoms with E-state index in [0.717, 1.165) is 62.5 Å². The maximum absolute atomic E-state index is 12.5. The normalized spacial score (nSPS) is 18.2. The van der Waals surface area contributed by atoms with Gasteiger partial charge in [-0.25, -0.2) is 4.98 Å². The molecule has 1 aromatic heterocycles. The third-order valence-corrected chi connectivity index (χ3v) is 6.82. The number of hydrogen-bond acceptors (Lipinski definition) is 5. The topological polar surface area (TPSA) is 65.5 Å². The van der Waals surface area contributed by atoms with Crippen molar-refractivity contribution in [3.8, 4) is 0 Å². The zero-order valence-electron chi connectivity index (χ0n) is 16.4. The molecule has 6 nitrogen and oxygen atoms in total. The van der Waals surface area contributed by atoms with Gasteiger partial charge < -0.3 is 15.1 Å². The highest BCUT2D eigenvalue weighted by molar-refractivity contribution is 7.22. The summed E-state index contributed by atoms with van der Waals surface area (Å²) in [6.45, 7) is 6.13. The van der Waals surface area contributed by atoms with Gasteiger partial charge in [0.1, 0.15) is 0 Å². The maximum Gasteiger partial charge on any atom is 0.223 e. The molecule has 0 radical (unpaired) electrons. The Labute approximate surface area is 169 Å². The molecule has 1 N–H and O–H groups in total. The molecular formula is C21H28N4O2S. The van der Waals surface area contributed by atoms with Crippen LogP contribution in [0.5, 0.6) is 0 Å². The van der Waals surface area contributed by atoms with Crippen LogP contribution in [0.4, 0.5) is 5.13 Å². The van der Waals surface area contributed by atoms with Crippen molar-refractivity contribution in [1.29, 1.82) is 0 Å². The van der Waals surface area contributed by atoms with Crippen LogP contribution in [-0.4, -0.2) is 54.4 Å². The summed E-state index contributed by atoms with van der Waals surface area (Å²) in [7, 11) is 0. The molecule has 2 aromatic rings. The number of nitrogens with one attached hydrogen (secondary N) is 1. The highest BCUT2D eigenvalue weighted by Gasteiger charge is 2.26. The van der Waals surface area contributed by atoms with Gasteiger partial charge in [0.05, 0.1) is 10.2 Å². The van der Waals surface area contributed by atoms with Gasteiger partial charge in [-0.3, -0.25) is 9.59 Å². The third kappa shape index (κ3) is 4.29. The van der Waals surface area contributed by atoms with E-state index in [1.54, 1.807) is 11.3 Å². The maximum atomic E-state index is 12.5. The Balaban J connectivity index is 1.22. The zero-order chi connectivity index (χ0) is 19.5. The molecule has 3 heterocycles. The van der Waals surface area contributed by atoms with Gasteiger partial charge >= 0.3 is 0 Å². The lowest BCUT2D eigenvalue weighted by Crippen LogP contribution is -2.41. The quantitative estimate of drug-likeness (QED) is 0.757. The monoisotopic (exact) mass is 400 g/mol. The molecule has 0 unspecified atom stereocenters. The zero-order valence-corrected chi connectivity index (χ0v) is 17.3. The standard InChI is InChI=1S/C21H28N4O2S/c1-15-5-6-17-18(14-15)28-21(23-17)25-12-7-16(8-13-25)20(27)22-9-3-11-24-10-2-4-19(24)26/h5-6,14,16H,2-4,7-13H2,1H3,(H,22,27). The van der Waals surface area contributed by atoms with E-state index in [1.165, 1.54) is 10.3 Å². The first-order chi connectivity index (χ1) is 13.6. The molecule has 28 heavy (non-hydrogen) atoms. The number of fused-ring (bicyclic) bond motifs is 1. The summed E-state index contributed by atoms with van der Waals surface area (Å²) in [5, 5.41) is 4.13. The predicted octanol–water partition coefficient (Wildman–Crippen LogP) is 2.95. The first-order valence-electron chi connectivity index (χ1n) is 10.3. The van der Waals surface area contributed by atoms with E-state index < -0.39 is 0 Å². The van der Waals surface area contributed by atoms with Crippen molar-refractivity contribution < 1.29 is 9.59 Å². The fourth-order valence-corrected chi connectivity index (χ4v) is 5.17. The Morgan fingerprint density at radius 3 is 2.86 bits per heavy atom. The number of hydrogen-bond donors (Lipinski definition) is 1. The number of benzene rings is 1. The Morgan fingerprint density at radius 1 is 1.29 bits per heavy atom. The van der Waals surface area contributed by atoms with Crippen molar-refractivity contribution in [2.45, 2.75) is 39.0 Å². The second-order valence-corrected chi connectivity index (χ2v) is 8.87. The van der Waals surface area contributed by atoms with Crippen LogP contribution in [0.15, 0.2) is 18.2 Å². The number of amides is 2. The van der Waals surface area contributed by atoms with E-state index >= 15 is 0 Å². The third-order valence-electron chi connectivity index (χ3n) is 5.74. The number of carbonyl (C=O) groups excluding carboxylic acids is 2. The fourth-order valence-electron chi connectivity index (χ4n) is 4.05. The summed E-state index contributed by atoms with van der Waals surface area (Å²) in [6.07, 6.45) is 4.22. The van der Waals surface area contributed by atoms with E-state index in [9.17, 15) is 9.59 Å². The van der Waals surface area contributed by atoms with E-state index in [-0.39, 0.29) is 17.7 Å². The predicted molar refractivity (Wildman–Crippen MR) is 113 cm³/mol. The summed E-state index contributed by atoms with van der Waals surface area (Å²) >= 11 is 1.74. The molecule has 0 spiro atoms. The van der Waals surface area contributed by atoms with Crippen LogP contribution in [0.2, 0.25) is 0 Å². The summed E-state index contributed by atoms with van der Waals surface area (Å²) in [5.41, 5.74) is 2.31. The molecule has 2 fully saturated rings. The molecule has 2 amide bonds. The SMILES string of the molecule is Cc1ccc2nc(N3CCC(C(=O)NCCCN4CCCC4=O)CC3)sc2c1. The number of aromatic nitrogens is 1. The minimum absolute atomic E-state index is 0.0845. The van der Waals surface area contributed by atoms with E-state index in [0.29, 0.717) is 13.0 Å². The van der Waals surface area contributed by atoms with Gasteiger partial charge in [0.25, 0.3) is 0 Å². The van der Waals surface area contributed by atoms with Gasteiger partial charge in [-0.2, -0.15) is 0 Å². The van der Waals surface area contributed by atoms with E-state index in [1.807, 2.05) is 4.90 Å². The molecule has 4 rings (SSSR count). The molecule has 1 aromatic carbocycles. The molecule has 2 saturated heterocycles. The molecule has 2 aliphatic heterocycles. The largest absolute Gasteiger partial charge is 0.356 e. The van der Waals surface area contributed by atoms with Gasteiger partial charge in [-0.15, -0.1) is 0 Å². The van der Waals surface area contributed by atoms with Crippen molar-refractivity contribution in [3.63, 3.8) is 0 Å². The summed E-state index contributed by atoms with van der Waals surface area (Å²) in [4.78, 5) is 33.0. The second kappa shape index (κ2) is 8.47. The first-order valence-corrected chi connectivity index (χ1v) is 11.1. The Kier molecular flexibility index (Phi) is 5.80. The highest BCUT2D eigenvalue weighted by Crippen LogP contribution is 2.32. The fraction of sp³-hybridized carbons (Fsp3) is 0.571. The average Bonchev–Trinajstić information content (AvgIpc) is 3.30. The molecule has 0 bridgehead atoms. The molecule has 2 aliphatic rings. The molecule has 7 heteroatoms. The average molecular weight is 401 g/mol. The van der Waals surface area contributed by atoms with Gasteiger partial charge in [-0.1, -0.05) is 17.4 Å². The number of aryl methyl sites for hydroxylation is 1. The van der Waals surface area contributed by atoms with Crippen LogP contribution in [0.3, 0.4) is 0 Å². The molecular weight excluding hydrogens is 372 g/mol. The molecule has 0 aliphatic carbocycles. The minimum Gasteiger partial charge on any atom is -0.356 e. The second-order valence-electron chi connectivity index (χ2n) is 7.86.